The SMILES string of the molecule is CCCCOCC(C)(C)c1cc(NC(=O)n2ccnc2)n(-c2ccc(C)cc2)n1. The van der Waals surface area contributed by atoms with E-state index in [9.17, 15) is 4.79 Å². The van der Waals surface area contributed by atoms with Gasteiger partial charge in [-0.25, -0.2) is 14.5 Å². The molecule has 2 aromatic heterocycles. The normalized spacial score (nSPS) is 11.6. The lowest BCUT2D eigenvalue weighted by molar-refractivity contribution is 0.0909. The van der Waals surface area contributed by atoms with Crippen LogP contribution >= 0.6 is 0 Å². The van der Waals surface area contributed by atoms with Gasteiger partial charge < -0.3 is 4.74 Å². The van der Waals surface area contributed by atoms with Gasteiger partial charge in [0.05, 0.1) is 18.0 Å². The van der Waals surface area contributed by atoms with E-state index in [0.717, 1.165) is 36.4 Å². The number of rotatable bonds is 8. The number of hydrogen-bond donors (Lipinski definition) is 1. The van der Waals surface area contributed by atoms with E-state index in [1.54, 1.807) is 17.1 Å². The molecule has 0 radical (unpaired) electrons. The van der Waals surface area contributed by atoms with Crippen LogP contribution in [0.3, 0.4) is 0 Å². The van der Waals surface area contributed by atoms with E-state index in [1.165, 1.54) is 10.9 Å². The minimum absolute atomic E-state index is 0.292. The van der Waals surface area contributed by atoms with Crippen LogP contribution in [0.1, 0.15) is 44.9 Å². The van der Waals surface area contributed by atoms with Crippen LogP contribution in [-0.2, 0) is 10.2 Å². The number of nitrogens with zero attached hydrogens (tertiary/aromatic N) is 4. The van der Waals surface area contributed by atoms with Crippen molar-refractivity contribution in [3.05, 3.63) is 60.3 Å². The van der Waals surface area contributed by atoms with Gasteiger partial charge in [-0.1, -0.05) is 44.9 Å². The molecule has 1 aromatic carbocycles. The number of ether oxygens (including phenoxy) is 1. The first kappa shape index (κ1) is 20.8. The average Bonchev–Trinajstić information content (AvgIpc) is 3.36. The standard InChI is InChI=1S/C22H29N5O2/c1-5-6-13-29-15-22(3,4)19-14-20(24-21(28)26-12-11-23-16-26)27(25-19)18-9-7-17(2)8-10-18/h7-12,14,16H,5-6,13,15H2,1-4H3,(H,24,28). The molecular weight excluding hydrogens is 366 g/mol. The minimum Gasteiger partial charge on any atom is -0.380 e. The number of anilines is 1. The summed E-state index contributed by atoms with van der Waals surface area (Å²) in [5.41, 5.74) is 2.61. The summed E-state index contributed by atoms with van der Waals surface area (Å²) < 4.78 is 9.01. The zero-order chi connectivity index (χ0) is 20.9. The summed E-state index contributed by atoms with van der Waals surface area (Å²) in [6.45, 7) is 9.68. The second-order valence-corrected chi connectivity index (χ2v) is 7.85. The third-order valence-electron chi connectivity index (χ3n) is 4.76. The molecule has 0 aliphatic carbocycles. The number of benzene rings is 1. The summed E-state index contributed by atoms with van der Waals surface area (Å²) in [6, 6.07) is 9.65. The molecule has 0 aliphatic rings. The molecule has 29 heavy (non-hydrogen) atoms. The summed E-state index contributed by atoms with van der Waals surface area (Å²) in [5, 5.41) is 7.75. The zero-order valence-corrected chi connectivity index (χ0v) is 17.6. The Hall–Kier alpha value is -2.93. The van der Waals surface area contributed by atoms with Gasteiger partial charge in [0.1, 0.15) is 12.1 Å². The zero-order valence-electron chi connectivity index (χ0n) is 17.6. The maximum Gasteiger partial charge on any atom is 0.332 e. The van der Waals surface area contributed by atoms with Gasteiger partial charge in [-0.15, -0.1) is 0 Å². The lowest BCUT2D eigenvalue weighted by Crippen LogP contribution is -2.25. The Morgan fingerprint density at radius 1 is 1.24 bits per heavy atom. The molecule has 0 spiro atoms. The minimum atomic E-state index is -0.293. The van der Waals surface area contributed by atoms with Crippen molar-refractivity contribution in [1.29, 1.82) is 0 Å². The quantitative estimate of drug-likeness (QED) is 0.568. The topological polar surface area (TPSA) is 74.0 Å². The fourth-order valence-electron chi connectivity index (χ4n) is 2.88. The third-order valence-corrected chi connectivity index (χ3v) is 4.76. The van der Waals surface area contributed by atoms with Crippen molar-refractivity contribution in [1.82, 2.24) is 19.3 Å². The van der Waals surface area contributed by atoms with Gasteiger partial charge in [0, 0.05) is 30.5 Å². The molecule has 0 atom stereocenters. The second-order valence-electron chi connectivity index (χ2n) is 7.85. The number of hydrogen-bond acceptors (Lipinski definition) is 4. The molecule has 0 fully saturated rings. The Balaban J connectivity index is 1.90. The van der Waals surface area contributed by atoms with Crippen molar-refractivity contribution >= 4 is 11.8 Å². The van der Waals surface area contributed by atoms with Crippen LogP contribution in [-0.4, -0.2) is 38.6 Å². The highest BCUT2D eigenvalue weighted by Crippen LogP contribution is 2.27. The first-order valence-electron chi connectivity index (χ1n) is 9.95. The summed E-state index contributed by atoms with van der Waals surface area (Å²) in [6.07, 6.45) is 6.79. The first-order chi connectivity index (χ1) is 13.9. The van der Waals surface area contributed by atoms with E-state index in [1.807, 2.05) is 37.3 Å². The third kappa shape index (κ3) is 5.12. The predicted molar refractivity (Wildman–Crippen MR) is 114 cm³/mol. The molecule has 1 N–H and O–H groups in total. The second kappa shape index (κ2) is 9.05. The predicted octanol–water partition coefficient (Wildman–Crippen LogP) is 4.55. The van der Waals surface area contributed by atoms with Gasteiger partial charge >= 0.3 is 6.03 Å². The number of carbonyl (C=O) groups is 1. The molecule has 154 valence electrons. The summed E-state index contributed by atoms with van der Waals surface area (Å²) in [4.78, 5) is 16.5. The van der Waals surface area contributed by atoms with Crippen molar-refractivity contribution in [2.45, 2.75) is 46.0 Å². The summed E-state index contributed by atoms with van der Waals surface area (Å²) in [7, 11) is 0. The Kier molecular flexibility index (Phi) is 6.49. The number of nitrogens with one attached hydrogen (secondary N) is 1. The van der Waals surface area contributed by atoms with E-state index < -0.39 is 0 Å². The first-order valence-corrected chi connectivity index (χ1v) is 9.95. The molecular formula is C22H29N5O2. The van der Waals surface area contributed by atoms with Crippen LogP contribution in [0.2, 0.25) is 0 Å². The van der Waals surface area contributed by atoms with Gasteiger partial charge in [-0.05, 0) is 25.5 Å². The van der Waals surface area contributed by atoms with Crippen LogP contribution < -0.4 is 5.32 Å². The average molecular weight is 396 g/mol. The molecule has 0 aliphatic heterocycles. The maximum absolute atomic E-state index is 12.6. The number of amides is 1. The van der Waals surface area contributed by atoms with E-state index >= 15 is 0 Å². The molecule has 1 amide bonds. The molecule has 7 heteroatoms. The van der Waals surface area contributed by atoms with Gasteiger partial charge in [0.15, 0.2) is 0 Å². The lowest BCUT2D eigenvalue weighted by atomic mass is 9.90. The van der Waals surface area contributed by atoms with Gasteiger partial charge in [0.2, 0.25) is 0 Å². The lowest BCUT2D eigenvalue weighted by Gasteiger charge is -2.22. The molecule has 7 nitrogen and oxygen atoms in total. The molecule has 3 aromatic rings. The Bertz CT molecular complexity index is 927. The van der Waals surface area contributed by atoms with Crippen LogP contribution in [0.25, 0.3) is 5.69 Å². The highest BCUT2D eigenvalue weighted by Gasteiger charge is 2.27. The molecule has 3 rings (SSSR count). The molecule has 0 saturated carbocycles. The number of aryl methyl sites for hydroxylation is 1. The van der Waals surface area contributed by atoms with Crippen molar-refractivity contribution in [3.63, 3.8) is 0 Å². The van der Waals surface area contributed by atoms with Gasteiger partial charge in [-0.3, -0.25) is 9.88 Å². The van der Waals surface area contributed by atoms with Crippen molar-refractivity contribution in [2.24, 2.45) is 0 Å². The Morgan fingerprint density at radius 2 is 2.00 bits per heavy atom. The van der Waals surface area contributed by atoms with Crippen LogP contribution in [0.15, 0.2) is 49.1 Å². The largest absolute Gasteiger partial charge is 0.380 e. The molecule has 0 saturated heterocycles. The highest BCUT2D eigenvalue weighted by atomic mass is 16.5. The number of aromatic nitrogens is 4. The van der Waals surface area contributed by atoms with Gasteiger partial charge in [0.25, 0.3) is 0 Å². The molecule has 0 bridgehead atoms. The van der Waals surface area contributed by atoms with E-state index in [-0.39, 0.29) is 11.4 Å². The molecule has 2 heterocycles. The van der Waals surface area contributed by atoms with Crippen molar-refractivity contribution in [3.8, 4) is 5.69 Å². The highest BCUT2D eigenvalue weighted by molar-refractivity contribution is 5.90. The Morgan fingerprint density at radius 3 is 2.66 bits per heavy atom. The monoisotopic (exact) mass is 395 g/mol. The van der Waals surface area contributed by atoms with Gasteiger partial charge in [-0.2, -0.15) is 5.10 Å². The smallest absolute Gasteiger partial charge is 0.332 e. The van der Waals surface area contributed by atoms with Crippen LogP contribution in [0, 0.1) is 6.92 Å². The maximum atomic E-state index is 12.6. The van der Waals surface area contributed by atoms with E-state index in [0.29, 0.717) is 12.4 Å². The number of unbranched alkanes of at least 4 members (excludes halogenated alkanes) is 1. The van der Waals surface area contributed by atoms with Crippen molar-refractivity contribution < 1.29 is 9.53 Å². The van der Waals surface area contributed by atoms with E-state index in [2.05, 4.69) is 31.1 Å². The van der Waals surface area contributed by atoms with Crippen LogP contribution in [0.4, 0.5) is 10.6 Å². The summed E-state index contributed by atoms with van der Waals surface area (Å²) >= 11 is 0. The van der Waals surface area contributed by atoms with E-state index in [4.69, 9.17) is 9.84 Å². The number of carbonyl (C=O) groups excluding carboxylic acids is 1. The van der Waals surface area contributed by atoms with Crippen LogP contribution in [0.5, 0.6) is 0 Å². The summed E-state index contributed by atoms with van der Waals surface area (Å²) in [5.74, 6) is 0.601. The fraction of sp³-hybridized carbons (Fsp3) is 0.409. The number of imidazole rings is 1. The Labute approximate surface area is 171 Å². The fourth-order valence-corrected chi connectivity index (χ4v) is 2.88. The van der Waals surface area contributed by atoms with Crippen molar-refractivity contribution in [2.75, 3.05) is 18.5 Å². The molecule has 0 unspecified atom stereocenters.